The topological polar surface area (TPSA) is 91.2 Å². The second-order valence-corrected chi connectivity index (χ2v) is 7.47. The van der Waals surface area contributed by atoms with Gasteiger partial charge >= 0.3 is 0 Å². The molecule has 0 radical (unpaired) electrons. The molecular formula is C18H21N5O3S. The van der Waals surface area contributed by atoms with Crippen molar-refractivity contribution < 1.29 is 14.3 Å². The number of carbonyl (C=O) groups is 1. The molecular weight excluding hydrogens is 366 g/mol. The molecule has 8 nitrogen and oxygen atoms in total. The van der Waals surface area contributed by atoms with Crippen LogP contribution in [0.15, 0.2) is 6.07 Å². The van der Waals surface area contributed by atoms with Crippen molar-refractivity contribution in [3.05, 3.63) is 28.0 Å². The molecule has 3 aromatic heterocycles. The highest BCUT2D eigenvalue weighted by Gasteiger charge is 2.22. The second kappa shape index (κ2) is 7.24. The molecule has 4 rings (SSSR count). The first-order chi connectivity index (χ1) is 13.1. The Hall–Kier alpha value is -2.52. The van der Waals surface area contributed by atoms with E-state index in [1.54, 1.807) is 14.2 Å². The van der Waals surface area contributed by atoms with Crippen molar-refractivity contribution in [3.63, 3.8) is 0 Å². The van der Waals surface area contributed by atoms with Crippen molar-refractivity contribution in [2.24, 2.45) is 0 Å². The minimum absolute atomic E-state index is 0.193. The SMILES string of the molecule is COCc1nc(OC)c2c(C)c(C(=O)Nc3cc4n(n3)CCCC4)sc2n1. The van der Waals surface area contributed by atoms with E-state index in [2.05, 4.69) is 20.4 Å². The van der Waals surface area contributed by atoms with Gasteiger partial charge in [0.2, 0.25) is 5.88 Å². The Bertz CT molecular complexity index is 987. The Balaban J connectivity index is 1.67. The highest BCUT2D eigenvalue weighted by molar-refractivity contribution is 7.20. The van der Waals surface area contributed by atoms with Gasteiger partial charge in [-0.15, -0.1) is 11.3 Å². The van der Waals surface area contributed by atoms with Gasteiger partial charge in [0.25, 0.3) is 5.91 Å². The standard InChI is InChI=1S/C18H21N5O3S/c1-10-14-17(26-3)20-13(9-25-2)21-18(14)27-15(10)16(24)19-12-8-11-6-4-5-7-23(11)22-12/h8H,4-7,9H2,1-3H3,(H,19,22,24). The first-order valence-electron chi connectivity index (χ1n) is 8.81. The third-order valence-corrected chi connectivity index (χ3v) is 5.82. The van der Waals surface area contributed by atoms with E-state index in [4.69, 9.17) is 9.47 Å². The molecule has 9 heteroatoms. The number of hydrogen-bond donors (Lipinski definition) is 1. The first kappa shape index (κ1) is 17.9. The molecule has 142 valence electrons. The number of amides is 1. The Morgan fingerprint density at radius 2 is 2.19 bits per heavy atom. The Morgan fingerprint density at radius 3 is 2.93 bits per heavy atom. The van der Waals surface area contributed by atoms with Crippen LogP contribution in [0, 0.1) is 6.92 Å². The van der Waals surface area contributed by atoms with Gasteiger partial charge in [-0.2, -0.15) is 10.1 Å². The highest BCUT2D eigenvalue weighted by Crippen LogP contribution is 2.35. The van der Waals surface area contributed by atoms with Crippen LogP contribution in [0.5, 0.6) is 5.88 Å². The van der Waals surface area contributed by atoms with Crippen molar-refractivity contribution in [1.29, 1.82) is 0 Å². The molecule has 0 saturated carbocycles. The summed E-state index contributed by atoms with van der Waals surface area (Å²) in [6, 6.07) is 1.96. The van der Waals surface area contributed by atoms with Gasteiger partial charge in [-0.05, 0) is 31.7 Å². The van der Waals surface area contributed by atoms with E-state index in [0.29, 0.717) is 27.2 Å². The zero-order valence-corrected chi connectivity index (χ0v) is 16.4. The van der Waals surface area contributed by atoms with Crippen LogP contribution < -0.4 is 10.1 Å². The summed E-state index contributed by atoms with van der Waals surface area (Å²) in [5.74, 6) is 1.38. The van der Waals surface area contributed by atoms with Gasteiger partial charge in [-0.25, -0.2) is 4.98 Å². The summed E-state index contributed by atoms with van der Waals surface area (Å²) in [7, 11) is 3.15. The molecule has 1 amide bonds. The molecule has 0 saturated heterocycles. The van der Waals surface area contributed by atoms with Gasteiger partial charge in [-0.3, -0.25) is 9.48 Å². The maximum Gasteiger partial charge on any atom is 0.267 e. The summed E-state index contributed by atoms with van der Waals surface area (Å²) < 4.78 is 12.5. The number of carbonyl (C=O) groups excluding carboxylic acids is 1. The number of hydrogen-bond acceptors (Lipinski definition) is 7. The molecule has 27 heavy (non-hydrogen) atoms. The van der Waals surface area contributed by atoms with Crippen LogP contribution >= 0.6 is 11.3 Å². The second-order valence-electron chi connectivity index (χ2n) is 6.47. The smallest absolute Gasteiger partial charge is 0.267 e. The molecule has 1 N–H and O–H groups in total. The molecule has 0 aliphatic carbocycles. The predicted octanol–water partition coefficient (Wildman–Crippen LogP) is 2.94. The zero-order chi connectivity index (χ0) is 19.0. The number of thiophene rings is 1. The molecule has 4 heterocycles. The summed E-state index contributed by atoms with van der Waals surface area (Å²) in [6.07, 6.45) is 3.29. The van der Waals surface area contributed by atoms with Gasteiger partial charge in [0.1, 0.15) is 11.4 Å². The van der Waals surface area contributed by atoms with Crippen LogP contribution in [0.4, 0.5) is 5.82 Å². The van der Waals surface area contributed by atoms with Crippen molar-refractivity contribution in [3.8, 4) is 5.88 Å². The number of nitrogens with zero attached hydrogens (tertiary/aromatic N) is 4. The molecule has 1 aliphatic rings. The molecule has 0 spiro atoms. The van der Waals surface area contributed by atoms with Crippen molar-refractivity contribution in [1.82, 2.24) is 19.7 Å². The minimum Gasteiger partial charge on any atom is -0.480 e. The number of fused-ring (bicyclic) bond motifs is 2. The molecule has 0 aromatic carbocycles. The fourth-order valence-corrected chi connectivity index (χ4v) is 4.44. The Kier molecular flexibility index (Phi) is 4.79. The van der Waals surface area contributed by atoms with Gasteiger partial charge in [0.05, 0.1) is 17.4 Å². The summed E-state index contributed by atoms with van der Waals surface area (Å²) in [5, 5.41) is 8.17. The average molecular weight is 387 g/mol. The number of rotatable bonds is 5. The molecule has 0 fully saturated rings. The van der Waals surface area contributed by atoms with E-state index >= 15 is 0 Å². The number of aromatic nitrogens is 4. The quantitative estimate of drug-likeness (QED) is 0.724. The van der Waals surface area contributed by atoms with Crippen LogP contribution in [0.3, 0.4) is 0 Å². The zero-order valence-electron chi connectivity index (χ0n) is 15.5. The van der Waals surface area contributed by atoms with E-state index in [1.165, 1.54) is 17.0 Å². The van der Waals surface area contributed by atoms with E-state index in [1.807, 2.05) is 17.7 Å². The Labute approximate surface area is 160 Å². The Morgan fingerprint density at radius 1 is 1.33 bits per heavy atom. The number of ether oxygens (including phenoxy) is 2. The molecule has 0 atom stereocenters. The summed E-state index contributed by atoms with van der Waals surface area (Å²) >= 11 is 1.32. The predicted molar refractivity (Wildman–Crippen MR) is 103 cm³/mol. The maximum atomic E-state index is 12.9. The van der Waals surface area contributed by atoms with Crippen LogP contribution in [0.2, 0.25) is 0 Å². The monoisotopic (exact) mass is 387 g/mol. The summed E-state index contributed by atoms with van der Waals surface area (Å²) in [6.45, 7) is 3.07. The maximum absolute atomic E-state index is 12.9. The summed E-state index contributed by atoms with van der Waals surface area (Å²) in [4.78, 5) is 23.0. The van der Waals surface area contributed by atoms with Gasteiger partial charge in [-0.1, -0.05) is 0 Å². The van der Waals surface area contributed by atoms with Gasteiger partial charge < -0.3 is 14.8 Å². The minimum atomic E-state index is -0.193. The van der Waals surface area contributed by atoms with Crippen LogP contribution in [0.1, 0.15) is 39.6 Å². The molecule has 0 unspecified atom stereocenters. The average Bonchev–Trinajstić information content (AvgIpc) is 3.21. The van der Waals surface area contributed by atoms with Crippen molar-refractivity contribution in [2.45, 2.75) is 39.3 Å². The molecule has 0 bridgehead atoms. The van der Waals surface area contributed by atoms with E-state index < -0.39 is 0 Å². The van der Waals surface area contributed by atoms with E-state index in [9.17, 15) is 4.79 Å². The van der Waals surface area contributed by atoms with Crippen LogP contribution in [-0.4, -0.2) is 39.9 Å². The fourth-order valence-electron chi connectivity index (χ4n) is 3.35. The number of methoxy groups -OCH3 is 2. The molecule has 1 aliphatic heterocycles. The van der Waals surface area contributed by atoms with Gasteiger partial charge in [0, 0.05) is 25.4 Å². The van der Waals surface area contributed by atoms with Crippen molar-refractivity contribution in [2.75, 3.05) is 19.5 Å². The van der Waals surface area contributed by atoms with Gasteiger partial charge in [0.15, 0.2) is 11.6 Å². The largest absolute Gasteiger partial charge is 0.480 e. The fraction of sp³-hybridized carbons (Fsp3) is 0.444. The lowest BCUT2D eigenvalue weighted by Gasteiger charge is -2.11. The van der Waals surface area contributed by atoms with Crippen LogP contribution in [0.25, 0.3) is 10.2 Å². The van der Waals surface area contributed by atoms with E-state index in [-0.39, 0.29) is 12.5 Å². The number of nitrogens with one attached hydrogen (secondary N) is 1. The summed E-state index contributed by atoms with van der Waals surface area (Å²) in [5.41, 5.74) is 1.97. The third-order valence-electron chi connectivity index (χ3n) is 4.63. The number of anilines is 1. The normalized spacial score (nSPS) is 13.6. The van der Waals surface area contributed by atoms with Crippen LogP contribution in [-0.2, 0) is 24.3 Å². The number of aryl methyl sites for hydroxylation is 3. The molecule has 3 aromatic rings. The highest BCUT2D eigenvalue weighted by atomic mass is 32.1. The van der Waals surface area contributed by atoms with Crippen molar-refractivity contribution >= 4 is 33.3 Å². The third kappa shape index (κ3) is 3.28. The lowest BCUT2D eigenvalue weighted by atomic mass is 10.1. The first-order valence-corrected chi connectivity index (χ1v) is 9.63. The lowest BCUT2D eigenvalue weighted by molar-refractivity contribution is 0.102. The van der Waals surface area contributed by atoms with E-state index in [0.717, 1.165) is 36.8 Å². The lowest BCUT2D eigenvalue weighted by Crippen LogP contribution is -2.13.